The highest BCUT2D eigenvalue weighted by Gasteiger charge is 2.17. The Morgan fingerprint density at radius 2 is 2.32 bits per heavy atom. The molecule has 2 N–H and O–H groups in total. The maximum atomic E-state index is 10.7. The van der Waals surface area contributed by atoms with E-state index in [4.69, 9.17) is 10.5 Å². The van der Waals surface area contributed by atoms with E-state index in [9.17, 15) is 10.1 Å². The molecule has 9 heteroatoms. The van der Waals surface area contributed by atoms with Crippen LogP contribution in [0.2, 0.25) is 0 Å². The highest BCUT2D eigenvalue weighted by molar-refractivity contribution is 7.18. The summed E-state index contributed by atoms with van der Waals surface area (Å²) in [6.07, 6.45) is 0. The lowest BCUT2D eigenvalue weighted by Crippen LogP contribution is -2.12. The van der Waals surface area contributed by atoms with Gasteiger partial charge in [-0.25, -0.2) is 0 Å². The van der Waals surface area contributed by atoms with Crippen LogP contribution in [-0.4, -0.2) is 33.4 Å². The Bertz CT molecular complexity index is 579. The van der Waals surface area contributed by atoms with Crippen LogP contribution in [0.5, 0.6) is 0 Å². The van der Waals surface area contributed by atoms with Crippen molar-refractivity contribution in [2.75, 3.05) is 13.7 Å². The van der Waals surface area contributed by atoms with E-state index >= 15 is 0 Å². The molecule has 2 aromatic rings. The number of rotatable bonds is 6. The monoisotopic (exact) mass is 283 g/mol. The Hall–Kier alpha value is -1.84. The number of thiophene rings is 1. The largest absolute Gasteiger partial charge is 0.383 e. The Morgan fingerprint density at radius 3 is 2.89 bits per heavy atom. The van der Waals surface area contributed by atoms with E-state index in [-0.39, 0.29) is 11.5 Å². The Balaban J connectivity index is 2.37. The molecule has 0 fully saturated rings. The summed E-state index contributed by atoms with van der Waals surface area (Å²) in [4.78, 5) is 11.0. The van der Waals surface area contributed by atoms with E-state index in [1.54, 1.807) is 13.2 Å². The van der Waals surface area contributed by atoms with Crippen molar-refractivity contribution in [1.29, 1.82) is 0 Å². The average Bonchev–Trinajstić information content (AvgIpc) is 3.02. The first-order valence-corrected chi connectivity index (χ1v) is 6.34. The van der Waals surface area contributed by atoms with E-state index in [1.165, 1.54) is 6.07 Å². The first-order chi connectivity index (χ1) is 9.17. The fourth-order valence-corrected chi connectivity index (χ4v) is 2.45. The van der Waals surface area contributed by atoms with Gasteiger partial charge < -0.3 is 15.0 Å². The molecule has 0 radical (unpaired) electrons. The van der Waals surface area contributed by atoms with E-state index < -0.39 is 4.92 Å². The maximum absolute atomic E-state index is 10.7. The van der Waals surface area contributed by atoms with Crippen LogP contribution < -0.4 is 5.73 Å². The maximum Gasteiger partial charge on any atom is 0.324 e. The van der Waals surface area contributed by atoms with Crippen molar-refractivity contribution in [2.45, 2.75) is 13.1 Å². The molecule has 2 heterocycles. The number of nitrogens with zero attached hydrogens (tertiary/aromatic N) is 4. The summed E-state index contributed by atoms with van der Waals surface area (Å²) in [5, 5.41) is 18.8. The summed E-state index contributed by atoms with van der Waals surface area (Å²) in [5.41, 5.74) is 5.60. The van der Waals surface area contributed by atoms with Gasteiger partial charge in [-0.05, 0) is 6.07 Å². The molecule has 0 spiro atoms. The predicted molar refractivity (Wildman–Crippen MR) is 69.8 cm³/mol. The molecule has 2 rings (SSSR count). The van der Waals surface area contributed by atoms with Gasteiger partial charge in [-0.1, -0.05) is 11.3 Å². The van der Waals surface area contributed by atoms with E-state index in [0.29, 0.717) is 29.7 Å². The molecule has 0 saturated carbocycles. The van der Waals surface area contributed by atoms with Crippen LogP contribution in [0.1, 0.15) is 5.82 Å². The molecule has 0 amide bonds. The standard InChI is InChI=1S/C10H13N5O3S/c1-18-5-4-14-8(6-11)12-13-10(14)7-2-3-9(19-7)15(16)17/h2-3H,4-6,11H2,1H3. The van der Waals surface area contributed by atoms with Gasteiger partial charge in [-0.15, -0.1) is 10.2 Å². The number of hydrogen-bond acceptors (Lipinski definition) is 7. The van der Waals surface area contributed by atoms with Gasteiger partial charge in [0.2, 0.25) is 0 Å². The molecular formula is C10H13N5O3S. The second kappa shape index (κ2) is 5.87. The van der Waals surface area contributed by atoms with Crippen molar-refractivity contribution in [3.05, 3.63) is 28.1 Å². The summed E-state index contributed by atoms with van der Waals surface area (Å²) < 4.78 is 6.85. The highest BCUT2D eigenvalue weighted by atomic mass is 32.1. The molecule has 0 aliphatic carbocycles. The second-order valence-corrected chi connectivity index (χ2v) is 4.75. The average molecular weight is 283 g/mol. The molecule has 8 nitrogen and oxygen atoms in total. The summed E-state index contributed by atoms with van der Waals surface area (Å²) in [6.45, 7) is 1.30. The lowest BCUT2D eigenvalue weighted by atomic mass is 10.4. The Kier molecular flexibility index (Phi) is 4.20. The summed E-state index contributed by atoms with van der Waals surface area (Å²) in [5.74, 6) is 1.21. The van der Waals surface area contributed by atoms with Crippen molar-refractivity contribution in [2.24, 2.45) is 5.73 Å². The van der Waals surface area contributed by atoms with Gasteiger partial charge in [0, 0.05) is 19.7 Å². The zero-order valence-corrected chi connectivity index (χ0v) is 11.1. The molecule has 0 aliphatic rings. The minimum absolute atomic E-state index is 0.0746. The lowest BCUT2D eigenvalue weighted by molar-refractivity contribution is -0.380. The fraction of sp³-hybridized carbons (Fsp3) is 0.400. The molecule has 0 atom stereocenters. The summed E-state index contributed by atoms with van der Waals surface area (Å²) in [7, 11) is 1.60. The smallest absolute Gasteiger partial charge is 0.324 e. The molecule has 0 unspecified atom stereocenters. The topological polar surface area (TPSA) is 109 Å². The molecule has 0 bridgehead atoms. The third kappa shape index (κ3) is 2.78. The van der Waals surface area contributed by atoms with Gasteiger partial charge >= 0.3 is 5.00 Å². The van der Waals surface area contributed by atoms with E-state index in [1.807, 2.05) is 4.57 Å². The van der Waals surface area contributed by atoms with Gasteiger partial charge in [0.05, 0.1) is 23.0 Å². The number of nitrogens with two attached hydrogens (primary N) is 1. The number of nitro groups is 1. The van der Waals surface area contributed by atoms with Gasteiger partial charge in [-0.3, -0.25) is 10.1 Å². The van der Waals surface area contributed by atoms with Crippen LogP contribution in [0.25, 0.3) is 10.7 Å². The van der Waals surface area contributed by atoms with Crippen LogP contribution in [0.15, 0.2) is 12.1 Å². The second-order valence-electron chi connectivity index (χ2n) is 3.68. The molecule has 102 valence electrons. The van der Waals surface area contributed by atoms with Gasteiger partial charge in [0.1, 0.15) is 5.82 Å². The first kappa shape index (κ1) is 13.6. The van der Waals surface area contributed by atoms with Crippen LogP contribution in [0.3, 0.4) is 0 Å². The van der Waals surface area contributed by atoms with Crippen molar-refractivity contribution in [3.63, 3.8) is 0 Å². The van der Waals surface area contributed by atoms with Gasteiger partial charge in [0.15, 0.2) is 5.82 Å². The van der Waals surface area contributed by atoms with Crippen LogP contribution in [-0.2, 0) is 17.8 Å². The minimum Gasteiger partial charge on any atom is -0.383 e. The van der Waals surface area contributed by atoms with Crippen molar-refractivity contribution >= 4 is 16.3 Å². The van der Waals surface area contributed by atoms with Gasteiger partial charge in [-0.2, -0.15) is 0 Å². The number of ether oxygens (including phenoxy) is 1. The van der Waals surface area contributed by atoms with Crippen LogP contribution in [0.4, 0.5) is 5.00 Å². The lowest BCUT2D eigenvalue weighted by Gasteiger charge is -2.07. The SMILES string of the molecule is COCCn1c(CN)nnc1-c1ccc([N+](=O)[O-])s1. The first-order valence-electron chi connectivity index (χ1n) is 5.53. The van der Waals surface area contributed by atoms with Crippen LogP contribution >= 0.6 is 11.3 Å². The zero-order valence-electron chi connectivity index (χ0n) is 10.3. The zero-order chi connectivity index (χ0) is 13.8. The van der Waals surface area contributed by atoms with Crippen molar-refractivity contribution in [3.8, 4) is 10.7 Å². The molecule has 2 aromatic heterocycles. The number of aromatic nitrogens is 3. The van der Waals surface area contributed by atoms with Crippen LogP contribution in [0, 0.1) is 10.1 Å². The van der Waals surface area contributed by atoms with Crippen molar-refractivity contribution in [1.82, 2.24) is 14.8 Å². The molecular weight excluding hydrogens is 270 g/mol. The van der Waals surface area contributed by atoms with Gasteiger partial charge in [0.25, 0.3) is 0 Å². The quantitative estimate of drug-likeness (QED) is 0.626. The molecule has 0 aromatic carbocycles. The van der Waals surface area contributed by atoms with E-state index in [0.717, 1.165) is 11.3 Å². The fourth-order valence-electron chi connectivity index (χ4n) is 1.63. The summed E-state index contributed by atoms with van der Waals surface area (Å²) in [6, 6.07) is 3.12. The highest BCUT2D eigenvalue weighted by Crippen LogP contribution is 2.31. The molecule has 0 saturated heterocycles. The van der Waals surface area contributed by atoms with E-state index in [2.05, 4.69) is 10.2 Å². The predicted octanol–water partition coefficient (Wildman–Crippen LogP) is 1.02. The molecule has 19 heavy (non-hydrogen) atoms. The number of methoxy groups -OCH3 is 1. The number of hydrogen-bond donors (Lipinski definition) is 1. The Labute approximate surface area is 113 Å². The third-order valence-corrected chi connectivity index (χ3v) is 3.55. The minimum atomic E-state index is -0.423. The normalized spacial score (nSPS) is 10.8. The molecule has 0 aliphatic heterocycles. The summed E-state index contributed by atoms with van der Waals surface area (Å²) >= 11 is 1.06. The third-order valence-electron chi connectivity index (χ3n) is 2.52. The van der Waals surface area contributed by atoms with Crippen molar-refractivity contribution < 1.29 is 9.66 Å². The Morgan fingerprint density at radius 1 is 1.53 bits per heavy atom.